The van der Waals surface area contributed by atoms with Gasteiger partial charge >= 0.3 is 5.97 Å². The minimum atomic E-state index is -4.08. The van der Waals surface area contributed by atoms with E-state index in [2.05, 4.69) is 17.0 Å². The van der Waals surface area contributed by atoms with Crippen molar-refractivity contribution in [2.45, 2.75) is 50.0 Å². The van der Waals surface area contributed by atoms with Crippen molar-refractivity contribution in [3.63, 3.8) is 0 Å². The van der Waals surface area contributed by atoms with Gasteiger partial charge in [0.25, 0.3) is 5.91 Å². The van der Waals surface area contributed by atoms with Gasteiger partial charge in [-0.3, -0.25) is 9.59 Å². The van der Waals surface area contributed by atoms with Crippen LogP contribution < -0.4 is 10.0 Å². The molecular formula is C27H30N2O5S. The van der Waals surface area contributed by atoms with Crippen LogP contribution in [-0.2, 0) is 27.7 Å². The highest BCUT2D eigenvalue weighted by Gasteiger charge is 2.25. The van der Waals surface area contributed by atoms with Crippen molar-refractivity contribution in [3.05, 3.63) is 95.6 Å². The predicted molar refractivity (Wildman–Crippen MR) is 136 cm³/mol. The number of amides is 1. The molecule has 3 N–H and O–H groups in total. The standard InChI is InChI=1S/C27H30N2O5S/c1-2-3-5-8-20-11-13-22(14-12-20)26(30)28-23-15-17-24(18-16-23)35(33,34)29-25(27(31)32)19-21-9-6-4-7-10-21/h4,6-7,9-18,25,29H,2-3,5,8,19H2,1H3,(H,28,30)(H,31,32)/t25-/m1/s1. The van der Waals surface area contributed by atoms with Gasteiger partial charge < -0.3 is 10.4 Å². The van der Waals surface area contributed by atoms with Gasteiger partial charge in [-0.1, -0.05) is 62.2 Å². The lowest BCUT2D eigenvalue weighted by atomic mass is 10.1. The third kappa shape index (κ3) is 7.77. The SMILES string of the molecule is CCCCCc1ccc(C(=O)Nc2ccc(S(=O)(=O)N[C@H](Cc3ccccc3)C(=O)O)cc2)cc1. The first-order chi connectivity index (χ1) is 16.8. The smallest absolute Gasteiger partial charge is 0.322 e. The molecule has 0 aliphatic heterocycles. The molecule has 0 aromatic heterocycles. The summed E-state index contributed by atoms with van der Waals surface area (Å²) in [6.45, 7) is 2.16. The summed E-state index contributed by atoms with van der Waals surface area (Å²) in [5.41, 5.74) is 2.83. The number of hydrogen-bond donors (Lipinski definition) is 3. The zero-order valence-electron chi connectivity index (χ0n) is 19.6. The van der Waals surface area contributed by atoms with E-state index >= 15 is 0 Å². The van der Waals surface area contributed by atoms with Crippen LogP contribution in [0.2, 0.25) is 0 Å². The van der Waals surface area contributed by atoms with Crippen LogP contribution in [0, 0.1) is 0 Å². The average Bonchev–Trinajstić information content (AvgIpc) is 2.85. The molecule has 35 heavy (non-hydrogen) atoms. The van der Waals surface area contributed by atoms with Crippen LogP contribution >= 0.6 is 0 Å². The third-order valence-corrected chi connectivity index (χ3v) is 7.07. The fourth-order valence-electron chi connectivity index (χ4n) is 3.61. The Kier molecular flexibility index (Phi) is 9.17. The van der Waals surface area contributed by atoms with Crippen molar-refractivity contribution in [3.8, 4) is 0 Å². The number of benzene rings is 3. The first kappa shape index (κ1) is 26.1. The summed E-state index contributed by atoms with van der Waals surface area (Å²) in [5, 5.41) is 12.2. The molecule has 8 heteroatoms. The van der Waals surface area contributed by atoms with E-state index in [0.717, 1.165) is 19.3 Å². The van der Waals surface area contributed by atoms with E-state index in [9.17, 15) is 23.1 Å². The second-order valence-electron chi connectivity index (χ2n) is 8.33. The molecule has 3 aromatic rings. The molecule has 0 bridgehead atoms. The number of hydrogen-bond acceptors (Lipinski definition) is 4. The van der Waals surface area contributed by atoms with Crippen LogP contribution in [0.15, 0.2) is 83.8 Å². The van der Waals surface area contributed by atoms with Crippen molar-refractivity contribution in [1.82, 2.24) is 4.72 Å². The van der Waals surface area contributed by atoms with Crippen LogP contribution in [0.3, 0.4) is 0 Å². The van der Waals surface area contributed by atoms with Crippen LogP contribution in [0.25, 0.3) is 0 Å². The van der Waals surface area contributed by atoms with E-state index in [0.29, 0.717) is 16.8 Å². The van der Waals surface area contributed by atoms with E-state index in [1.165, 1.54) is 36.2 Å². The van der Waals surface area contributed by atoms with Gasteiger partial charge in [-0.2, -0.15) is 4.72 Å². The Bertz CT molecular complexity index is 1220. The lowest BCUT2D eigenvalue weighted by Gasteiger charge is -2.15. The van der Waals surface area contributed by atoms with E-state index in [4.69, 9.17) is 0 Å². The van der Waals surface area contributed by atoms with Crippen molar-refractivity contribution >= 4 is 27.6 Å². The molecule has 0 radical (unpaired) electrons. The first-order valence-corrected chi connectivity index (χ1v) is 13.1. The van der Waals surface area contributed by atoms with Gasteiger partial charge in [-0.05, 0) is 66.8 Å². The summed E-state index contributed by atoms with van der Waals surface area (Å²) in [6, 6.07) is 20.5. The highest BCUT2D eigenvalue weighted by molar-refractivity contribution is 7.89. The lowest BCUT2D eigenvalue weighted by Crippen LogP contribution is -2.42. The molecule has 0 spiro atoms. The highest BCUT2D eigenvalue weighted by Crippen LogP contribution is 2.17. The number of unbranched alkanes of at least 4 members (excludes halogenated alkanes) is 2. The highest BCUT2D eigenvalue weighted by atomic mass is 32.2. The van der Waals surface area contributed by atoms with Gasteiger partial charge in [0.2, 0.25) is 10.0 Å². The summed E-state index contributed by atoms with van der Waals surface area (Å²) in [5.74, 6) is -1.56. The second-order valence-corrected chi connectivity index (χ2v) is 10.0. The molecule has 7 nitrogen and oxygen atoms in total. The Hall–Kier alpha value is -3.49. The van der Waals surface area contributed by atoms with E-state index in [1.807, 2.05) is 12.1 Å². The monoisotopic (exact) mass is 494 g/mol. The predicted octanol–water partition coefficient (Wildman–Crippen LogP) is 4.65. The molecule has 1 atom stereocenters. The Labute approximate surface area is 206 Å². The number of carboxylic acids is 1. The molecule has 3 rings (SSSR count). The lowest BCUT2D eigenvalue weighted by molar-refractivity contribution is -0.138. The molecular weight excluding hydrogens is 464 g/mol. The fraction of sp³-hybridized carbons (Fsp3) is 0.259. The van der Waals surface area contributed by atoms with Crippen molar-refractivity contribution in [2.75, 3.05) is 5.32 Å². The molecule has 0 aliphatic carbocycles. The normalized spacial score (nSPS) is 12.1. The quantitative estimate of drug-likeness (QED) is 0.317. The van der Waals surface area contributed by atoms with Gasteiger partial charge in [0, 0.05) is 11.3 Å². The second kappa shape index (κ2) is 12.3. The number of aliphatic carboxylic acids is 1. The number of rotatable bonds is 12. The maximum Gasteiger partial charge on any atom is 0.322 e. The number of carbonyl (C=O) groups is 2. The van der Waals surface area contributed by atoms with Crippen LogP contribution in [0.4, 0.5) is 5.69 Å². The number of anilines is 1. The Morgan fingerprint density at radius 3 is 2.11 bits per heavy atom. The number of aryl methyl sites for hydroxylation is 1. The zero-order chi connectivity index (χ0) is 25.3. The summed E-state index contributed by atoms with van der Waals surface area (Å²) < 4.78 is 27.8. The van der Waals surface area contributed by atoms with E-state index in [-0.39, 0.29) is 17.2 Å². The molecule has 1 amide bonds. The van der Waals surface area contributed by atoms with E-state index < -0.39 is 22.0 Å². The van der Waals surface area contributed by atoms with Gasteiger partial charge in [0.1, 0.15) is 6.04 Å². The minimum absolute atomic E-state index is 0.0148. The van der Waals surface area contributed by atoms with Gasteiger partial charge in [0.05, 0.1) is 4.90 Å². The van der Waals surface area contributed by atoms with Crippen LogP contribution in [0.5, 0.6) is 0 Å². The summed E-state index contributed by atoms with van der Waals surface area (Å²) in [6.07, 6.45) is 4.44. The summed E-state index contributed by atoms with van der Waals surface area (Å²) in [4.78, 5) is 24.1. The molecule has 0 saturated carbocycles. The molecule has 0 unspecified atom stereocenters. The number of sulfonamides is 1. The number of nitrogens with one attached hydrogen (secondary N) is 2. The Morgan fingerprint density at radius 2 is 1.51 bits per heavy atom. The van der Waals surface area contributed by atoms with Crippen LogP contribution in [-0.4, -0.2) is 31.4 Å². The van der Waals surface area contributed by atoms with Gasteiger partial charge in [-0.25, -0.2) is 8.42 Å². The number of carbonyl (C=O) groups excluding carboxylic acids is 1. The maximum atomic E-state index is 12.8. The number of carboxylic acid groups (broad SMARTS) is 1. The van der Waals surface area contributed by atoms with Gasteiger partial charge in [0.15, 0.2) is 0 Å². The molecule has 0 heterocycles. The molecule has 0 aliphatic rings. The maximum absolute atomic E-state index is 12.8. The molecule has 0 saturated heterocycles. The van der Waals surface area contributed by atoms with E-state index in [1.54, 1.807) is 42.5 Å². The topological polar surface area (TPSA) is 113 Å². The molecule has 3 aromatic carbocycles. The van der Waals surface area contributed by atoms with Crippen molar-refractivity contribution < 1.29 is 23.1 Å². The molecule has 0 fully saturated rings. The molecule has 184 valence electrons. The van der Waals surface area contributed by atoms with Gasteiger partial charge in [-0.15, -0.1) is 0 Å². The zero-order valence-corrected chi connectivity index (χ0v) is 20.4. The first-order valence-electron chi connectivity index (χ1n) is 11.6. The Morgan fingerprint density at radius 1 is 0.857 bits per heavy atom. The Balaban J connectivity index is 1.62. The largest absolute Gasteiger partial charge is 0.480 e. The fourth-order valence-corrected chi connectivity index (χ4v) is 4.80. The van der Waals surface area contributed by atoms with Crippen molar-refractivity contribution in [1.29, 1.82) is 0 Å². The average molecular weight is 495 g/mol. The van der Waals surface area contributed by atoms with Crippen molar-refractivity contribution in [2.24, 2.45) is 0 Å². The summed E-state index contributed by atoms with van der Waals surface area (Å²) in [7, 11) is -4.08. The minimum Gasteiger partial charge on any atom is -0.480 e. The third-order valence-electron chi connectivity index (χ3n) is 5.59. The van der Waals surface area contributed by atoms with Crippen LogP contribution in [0.1, 0.15) is 47.7 Å². The summed E-state index contributed by atoms with van der Waals surface area (Å²) >= 11 is 0.